The lowest BCUT2D eigenvalue weighted by atomic mass is 10.0. The van der Waals surface area contributed by atoms with E-state index >= 15 is 0 Å². The summed E-state index contributed by atoms with van der Waals surface area (Å²) >= 11 is 0. The van der Waals surface area contributed by atoms with Crippen LogP contribution in [0.4, 0.5) is 0 Å². The third kappa shape index (κ3) is 57.2. The monoisotopic (exact) mass is 1210 g/mol. The number of hydrogen-bond donors (Lipinski definition) is 3. The number of hydrogen-bond acceptors (Lipinski definition) is 15. The van der Waals surface area contributed by atoms with Gasteiger partial charge in [-0.25, -0.2) is 9.13 Å². The minimum Gasteiger partial charge on any atom is -0.462 e. The van der Waals surface area contributed by atoms with Crippen LogP contribution >= 0.6 is 15.6 Å². The van der Waals surface area contributed by atoms with Crippen molar-refractivity contribution in [1.29, 1.82) is 0 Å². The molecule has 0 heterocycles. The molecule has 0 aliphatic rings. The van der Waals surface area contributed by atoms with Crippen molar-refractivity contribution in [1.82, 2.24) is 0 Å². The van der Waals surface area contributed by atoms with Gasteiger partial charge in [0.25, 0.3) is 0 Å². The average Bonchev–Trinajstić information content (AvgIpc) is 3.46. The second-order valence-electron chi connectivity index (χ2n) is 23.3. The summed E-state index contributed by atoms with van der Waals surface area (Å²) in [6.45, 7) is 7.14. The largest absolute Gasteiger partial charge is 0.472 e. The first-order valence-corrected chi connectivity index (χ1v) is 36.1. The summed E-state index contributed by atoms with van der Waals surface area (Å²) in [4.78, 5) is 72.1. The number of esters is 4. The maximum atomic E-state index is 13.0. The van der Waals surface area contributed by atoms with Crippen LogP contribution in [0.2, 0.25) is 0 Å². The number of rotatable bonds is 63. The highest BCUT2D eigenvalue weighted by Crippen LogP contribution is 2.45. The van der Waals surface area contributed by atoms with Gasteiger partial charge >= 0.3 is 39.5 Å². The number of unbranched alkanes of at least 4 members (excludes halogenated alkanes) is 35. The smallest absolute Gasteiger partial charge is 0.462 e. The molecule has 3 N–H and O–H groups in total. The van der Waals surface area contributed by atoms with Crippen molar-refractivity contribution in [2.24, 2.45) is 5.92 Å². The van der Waals surface area contributed by atoms with E-state index in [1.807, 2.05) is 0 Å². The van der Waals surface area contributed by atoms with E-state index in [0.29, 0.717) is 25.7 Å². The summed E-state index contributed by atoms with van der Waals surface area (Å²) in [7, 11) is -9.88. The summed E-state index contributed by atoms with van der Waals surface area (Å²) in [6.07, 6.45) is 40.3. The van der Waals surface area contributed by atoms with Crippen LogP contribution in [0.5, 0.6) is 0 Å². The topological polar surface area (TPSA) is 237 Å². The molecule has 82 heavy (non-hydrogen) atoms. The van der Waals surface area contributed by atoms with E-state index in [2.05, 4.69) is 34.6 Å². The second-order valence-corrected chi connectivity index (χ2v) is 26.2. The summed E-state index contributed by atoms with van der Waals surface area (Å²) in [5, 5.41) is 10.5. The van der Waals surface area contributed by atoms with Crippen molar-refractivity contribution in [3.8, 4) is 0 Å². The van der Waals surface area contributed by atoms with Crippen LogP contribution < -0.4 is 0 Å². The predicted molar refractivity (Wildman–Crippen MR) is 326 cm³/mol. The lowest BCUT2D eigenvalue weighted by molar-refractivity contribution is -0.161. The normalized spacial score (nSPS) is 14.3. The molecule has 19 heteroatoms. The Kier molecular flexibility index (Phi) is 55.5. The van der Waals surface area contributed by atoms with E-state index in [-0.39, 0.29) is 25.7 Å². The maximum Gasteiger partial charge on any atom is 0.472 e. The molecule has 0 aromatic carbocycles. The van der Waals surface area contributed by atoms with Gasteiger partial charge in [-0.3, -0.25) is 37.3 Å². The number of phosphoric ester groups is 2. The van der Waals surface area contributed by atoms with Crippen LogP contribution in [0.1, 0.15) is 317 Å². The summed E-state index contributed by atoms with van der Waals surface area (Å²) in [5.41, 5.74) is 0. The number of aliphatic hydroxyl groups is 1. The zero-order chi connectivity index (χ0) is 60.6. The van der Waals surface area contributed by atoms with E-state index in [4.69, 9.17) is 37.0 Å². The van der Waals surface area contributed by atoms with Gasteiger partial charge in [0.1, 0.15) is 19.3 Å². The summed E-state index contributed by atoms with van der Waals surface area (Å²) in [5.74, 6) is -1.38. The minimum absolute atomic E-state index is 0.106. The summed E-state index contributed by atoms with van der Waals surface area (Å²) < 4.78 is 67.9. The first-order valence-electron chi connectivity index (χ1n) is 33.1. The Bertz CT molecular complexity index is 1600. The van der Waals surface area contributed by atoms with Gasteiger partial charge in [-0.05, 0) is 31.6 Å². The molecule has 0 aromatic rings. The molecule has 0 aliphatic heterocycles. The molecule has 0 aromatic heterocycles. The molecular formula is C63H122O17P2. The van der Waals surface area contributed by atoms with Gasteiger partial charge in [-0.2, -0.15) is 0 Å². The van der Waals surface area contributed by atoms with Crippen molar-refractivity contribution in [3.05, 3.63) is 0 Å². The Labute approximate surface area is 498 Å². The van der Waals surface area contributed by atoms with Gasteiger partial charge in [-0.15, -0.1) is 0 Å². The highest BCUT2D eigenvalue weighted by atomic mass is 31.2. The molecule has 2 unspecified atom stereocenters. The molecular weight excluding hydrogens is 1090 g/mol. The maximum absolute atomic E-state index is 13.0. The van der Waals surface area contributed by atoms with Crippen molar-refractivity contribution in [2.45, 2.75) is 335 Å². The Morgan fingerprint density at radius 1 is 0.329 bits per heavy atom. The Hall–Kier alpha value is -1.94. The fourth-order valence-corrected chi connectivity index (χ4v) is 11.0. The molecule has 0 radical (unpaired) electrons. The van der Waals surface area contributed by atoms with Crippen LogP contribution in [-0.4, -0.2) is 96.7 Å². The first-order chi connectivity index (χ1) is 39.5. The molecule has 0 rings (SSSR count). The lowest BCUT2D eigenvalue weighted by Crippen LogP contribution is -2.30. The van der Waals surface area contributed by atoms with E-state index in [1.165, 1.54) is 135 Å². The fourth-order valence-electron chi connectivity index (χ4n) is 9.41. The lowest BCUT2D eigenvalue weighted by Gasteiger charge is -2.21. The first kappa shape index (κ1) is 80.1. The highest BCUT2D eigenvalue weighted by molar-refractivity contribution is 7.47. The van der Waals surface area contributed by atoms with E-state index < -0.39 is 97.5 Å². The van der Waals surface area contributed by atoms with Gasteiger partial charge in [0.15, 0.2) is 12.2 Å². The Morgan fingerprint density at radius 3 is 0.829 bits per heavy atom. The van der Waals surface area contributed by atoms with Crippen molar-refractivity contribution in [3.63, 3.8) is 0 Å². The molecule has 0 spiro atoms. The quantitative estimate of drug-likeness (QED) is 0.0222. The number of carbonyl (C=O) groups is 4. The minimum atomic E-state index is -4.94. The Balaban J connectivity index is 5.22. The molecule has 0 bridgehead atoms. The van der Waals surface area contributed by atoms with Crippen LogP contribution in [0.15, 0.2) is 0 Å². The zero-order valence-corrected chi connectivity index (χ0v) is 54.4. The predicted octanol–water partition coefficient (Wildman–Crippen LogP) is 17.4. The third-order valence-corrected chi connectivity index (χ3v) is 16.4. The molecule has 0 fully saturated rings. The number of aliphatic hydroxyl groups excluding tert-OH is 1. The van der Waals surface area contributed by atoms with Gasteiger partial charge in [0.05, 0.1) is 26.4 Å². The summed E-state index contributed by atoms with van der Waals surface area (Å²) in [6, 6.07) is 0. The Morgan fingerprint density at radius 2 is 0.561 bits per heavy atom. The molecule has 0 amide bonds. The van der Waals surface area contributed by atoms with Gasteiger partial charge in [-0.1, -0.05) is 266 Å². The average molecular weight is 1210 g/mol. The van der Waals surface area contributed by atoms with Crippen LogP contribution in [0.25, 0.3) is 0 Å². The van der Waals surface area contributed by atoms with E-state index in [9.17, 15) is 43.2 Å². The fraction of sp³-hybridized carbons (Fsp3) is 0.937. The van der Waals surface area contributed by atoms with Crippen LogP contribution in [0.3, 0.4) is 0 Å². The second kappa shape index (κ2) is 56.8. The number of ether oxygens (including phenoxy) is 4. The molecule has 486 valence electrons. The van der Waals surface area contributed by atoms with Crippen molar-refractivity contribution in [2.75, 3.05) is 39.6 Å². The van der Waals surface area contributed by atoms with Crippen LogP contribution in [0, 0.1) is 5.92 Å². The molecule has 17 nitrogen and oxygen atoms in total. The van der Waals surface area contributed by atoms with Gasteiger partial charge < -0.3 is 33.8 Å². The molecule has 0 aliphatic carbocycles. The van der Waals surface area contributed by atoms with E-state index in [1.54, 1.807) is 0 Å². The van der Waals surface area contributed by atoms with Crippen molar-refractivity contribution < 1.29 is 80.2 Å². The number of carbonyl (C=O) groups excluding carboxylic acids is 4. The third-order valence-electron chi connectivity index (χ3n) is 14.5. The highest BCUT2D eigenvalue weighted by Gasteiger charge is 2.30. The standard InChI is InChI=1S/C63H122O17P2/c1-6-9-12-15-18-21-22-23-28-32-37-42-47-61(66)74-53-59(80-63(68)49-44-39-34-29-25-24-27-30-35-40-45-56(4)5)55-78-82(71,72)76-51-57(64)50-75-81(69,70)77-54-58(52-73-60(65)46-41-36-31-20-17-14-11-8-3)79-62(67)48-43-38-33-26-19-16-13-10-7-2/h56-59,64H,6-55H2,1-5H3,(H,69,70)(H,71,72)/t57-,58+,59+/m0/s1. The molecule has 0 saturated carbocycles. The molecule has 5 atom stereocenters. The van der Waals surface area contributed by atoms with Gasteiger partial charge in [0, 0.05) is 25.7 Å². The van der Waals surface area contributed by atoms with Crippen LogP contribution in [-0.2, 0) is 65.4 Å². The number of phosphoric acid groups is 2. The van der Waals surface area contributed by atoms with Crippen molar-refractivity contribution >= 4 is 39.5 Å². The van der Waals surface area contributed by atoms with Gasteiger partial charge in [0.2, 0.25) is 0 Å². The van der Waals surface area contributed by atoms with E-state index in [0.717, 1.165) is 102 Å². The zero-order valence-electron chi connectivity index (χ0n) is 52.6. The molecule has 0 saturated heterocycles. The SMILES string of the molecule is CCCCCCCCCCCCCCC(=O)OC[C@H](COP(=O)(O)OC[C@@H](O)COP(=O)(O)OC[C@@H](COC(=O)CCCCCCCCCC)OC(=O)CCCCCCCCCCC)OC(=O)CCCCCCCCCCCCC(C)C.